The topological polar surface area (TPSA) is 37.4 Å². The Hall–Kier alpha value is -2.42. The molecule has 0 N–H and O–H groups in total. The Morgan fingerprint density at radius 1 is 0.957 bits per heavy atom. The zero-order valence-electron chi connectivity index (χ0n) is 12.9. The zero-order chi connectivity index (χ0) is 15.7. The number of imide groups is 1. The highest BCUT2D eigenvalue weighted by atomic mass is 16.2. The first-order valence-electron chi connectivity index (χ1n) is 8.20. The van der Waals surface area contributed by atoms with Crippen LogP contribution in [0.5, 0.6) is 0 Å². The van der Waals surface area contributed by atoms with E-state index >= 15 is 0 Å². The molecular weight excluding hydrogens is 286 g/mol. The fourth-order valence-electron chi connectivity index (χ4n) is 4.92. The highest BCUT2D eigenvalue weighted by molar-refractivity contribution is 6.25. The minimum atomic E-state index is -0.143. The van der Waals surface area contributed by atoms with E-state index in [-0.39, 0.29) is 35.5 Å². The molecule has 2 aromatic carbocycles. The molecular formula is C20H17NO2. The molecule has 4 atom stereocenters. The summed E-state index contributed by atoms with van der Waals surface area (Å²) < 4.78 is 0. The number of rotatable bonds is 1. The van der Waals surface area contributed by atoms with Crippen molar-refractivity contribution in [2.24, 2.45) is 23.7 Å². The predicted octanol–water partition coefficient (Wildman–Crippen LogP) is 3.54. The molecule has 0 unspecified atom stereocenters. The fraction of sp³-hybridized carbons (Fsp3) is 0.300. The quantitative estimate of drug-likeness (QED) is 0.597. The third-order valence-corrected chi connectivity index (χ3v) is 5.89. The molecule has 1 aliphatic heterocycles. The van der Waals surface area contributed by atoms with E-state index in [9.17, 15) is 9.59 Å². The van der Waals surface area contributed by atoms with Crippen LogP contribution in [0.25, 0.3) is 10.8 Å². The molecule has 2 fully saturated rings. The van der Waals surface area contributed by atoms with Gasteiger partial charge < -0.3 is 0 Å². The fourth-order valence-corrected chi connectivity index (χ4v) is 4.92. The first kappa shape index (κ1) is 13.1. The molecule has 3 nitrogen and oxygen atoms in total. The van der Waals surface area contributed by atoms with Crippen molar-refractivity contribution in [2.75, 3.05) is 4.90 Å². The summed E-state index contributed by atoms with van der Waals surface area (Å²) in [6, 6.07) is 13.7. The molecule has 0 radical (unpaired) electrons. The summed E-state index contributed by atoms with van der Waals surface area (Å²) in [5.74, 6) is 0.221. The highest BCUT2D eigenvalue weighted by Gasteiger charge is 2.61. The smallest absolute Gasteiger partial charge is 0.238 e. The maximum atomic E-state index is 13.1. The average Bonchev–Trinajstić information content (AvgIpc) is 3.18. The van der Waals surface area contributed by atoms with E-state index in [4.69, 9.17) is 0 Å². The second kappa shape index (κ2) is 4.31. The lowest BCUT2D eigenvalue weighted by molar-refractivity contribution is -0.123. The number of hydrogen-bond donors (Lipinski definition) is 0. The van der Waals surface area contributed by atoms with Gasteiger partial charge in [0.15, 0.2) is 0 Å². The van der Waals surface area contributed by atoms with Crippen LogP contribution in [0, 0.1) is 23.7 Å². The van der Waals surface area contributed by atoms with Gasteiger partial charge in [-0.05, 0) is 36.6 Å². The molecule has 1 saturated heterocycles. The summed E-state index contributed by atoms with van der Waals surface area (Å²) in [5, 5.41) is 2.02. The van der Waals surface area contributed by atoms with Crippen molar-refractivity contribution in [1.29, 1.82) is 0 Å². The number of hydrogen-bond acceptors (Lipinski definition) is 2. The van der Waals surface area contributed by atoms with Gasteiger partial charge in [-0.15, -0.1) is 0 Å². The Morgan fingerprint density at radius 3 is 2.57 bits per heavy atom. The number of carbonyl (C=O) groups excluding carboxylic acids is 2. The second-order valence-electron chi connectivity index (χ2n) is 6.98. The molecule has 5 rings (SSSR count). The molecule has 2 aliphatic carbocycles. The molecule has 2 bridgehead atoms. The monoisotopic (exact) mass is 303 g/mol. The van der Waals surface area contributed by atoms with E-state index in [0.29, 0.717) is 0 Å². The average molecular weight is 303 g/mol. The number of benzene rings is 2. The standard InChI is InChI=1S/C20H17NO2/c1-11-9-13-10-15(11)18-17(13)19(22)21(20(18)23)16-8-4-6-12-5-2-3-7-14(12)16/h2-9,13,15,17-18H,10H2,1H3/t13-,15+,17+,18+/m0/s1. The molecule has 114 valence electrons. The number of fused-ring (bicyclic) bond motifs is 6. The van der Waals surface area contributed by atoms with Gasteiger partial charge in [-0.25, -0.2) is 4.90 Å². The van der Waals surface area contributed by atoms with Crippen LogP contribution in [-0.4, -0.2) is 11.8 Å². The number of nitrogens with zero attached hydrogens (tertiary/aromatic N) is 1. The van der Waals surface area contributed by atoms with Crippen LogP contribution < -0.4 is 4.90 Å². The Kier molecular flexibility index (Phi) is 2.45. The zero-order valence-corrected chi connectivity index (χ0v) is 12.9. The SMILES string of the molecule is CC1=C[C@H]2C[C@H]1[C@H]1C(=O)N(c3cccc4ccccc34)C(=O)[C@@H]12. The van der Waals surface area contributed by atoms with Crippen molar-refractivity contribution in [3.8, 4) is 0 Å². The van der Waals surface area contributed by atoms with Crippen molar-refractivity contribution in [3.63, 3.8) is 0 Å². The molecule has 2 amide bonds. The molecule has 3 heteroatoms. The molecule has 1 heterocycles. The number of carbonyl (C=O) groups is 2. The van der Waals surface area contributed by atoms with Crippen LogP contribution in [0.15, 0.2) is 54.1 Å². The van der Waals surface area contributed by atoms with E-state index in [2.05, 4.69) is 13.0 Å². The number of amides is 2. The summed E-state index contributed by atoms with van der Waals surface area (Å²) in [4.78, 5) is 27.5. The van der Waals surface area contributed by atoms with Gasteiger partial charge in [-0.1, -0.05) is 48.0 Å². The van der Waals surface area contributed by atoms with Crippen LogP contribution in [0.4, 0.5) is 5.69 Å². The third kappa shape index (κ3) is 1.55. The van der Waals surface area contributed by atoms with E-state index in [0.717, 1.165) is 22.9 Å². The number of allylic oxidation sites excluding steroid dienone is 2. The van der Waals surface area contributed by atoms with Crippen LogP contribution in [0.2, 0.25) is 0 Å². The van der Waals surface area contributed by atoms with Gasteiger partial charge in [-0.2, -0.15) is 0 Å². The maximum absolute atomic E-state index is 13.1. The predicted molar refractivity (Wildman–Crippen MR) is 88.8 cm³/mol. The summed E-state index contributed by atoms with van der Waals surface area (Å²) in [7, 11) is 0. The molecule has 0 spiro atoms. The van der Waals surface area contributed by atoms with Gasteiger partial charge in [0, 0.05) is 5.39 Å². The lowest BCUT2D eigenvalue weighted by atomic mass is 9.82. The van der Waals surface area contributed by atoms with Crippen LogP contribution in [0.3, 0.4) is 0 Å². The van der Waals surface area contributed by atoms with Crippen molar-refractivity contribution in [2.45, 2.75) is 13.3 Å². The maximum Gasteiger partial charge on any atom is 0.238 e. The Morgan fingerprint density at radius 2 is 1.70 bits per heavy atom. The number of anilines is 1. The summed E-state index contributed by atoms with van der Waals surface area (Å²) in [6.07, 6.45) is 3.19. The summed E-state index contributed by atoms with van der Waals surface area (Å²) in [5.41, 5.74) is 2.03. The second-order valence-corrected chi connectivity index (χ2v) is 6.98. The minimum Gasteiger partial charge on any atom is -0.274 e. The Balaban J connectivity index is 1.65. The molecule has 3 aliphatic rings. The van der Waals surface area contributed by atoms with Gasteiger partial charge >= 0.3 is 0 Å². The molecule has 0 aromatic heterocycles. The normalized spacial score (nSPS) is 31.9. The Labute approximate surface area is 134 Å². The summed E-state index contributed by atoms with van der Waals surface area (Å²) in [6.45, 7) is 2.10. The Bertz CT molecular complexity index is 892. The highest BCUT2D eigenvalue weighted by Crippen LogP contribution is 2.56. The van der Waals surface area contributed by atoms with Crippen LogP contribution in [-0.2, 0) is 9.59 Å². The summed E-state index contributed by atoms with van der Waals surface area (Å²) >= 11 is 0. The lowest BCUT2D eigenvalue weighted by Gasteiger charge is -2.20. The van der Waals surface area contributed by atoms with E-state index in [1.165, 1.54) is 10.5 Å². The minimum absolute atomic E-state index is 0.00342. The van der Waals surface area contributed by atoms with Gasteiger partial charge in [0.25, 0.3) is 0 Å². The largest absolute Gasteiger partial charge is 0.274 e. The van der Waals surface area contributed by atoms with E-state index in [1.54, 1.807) is 0 Å². The first-order chi connectivity index (χ1) is 11.2. The van der Waals surface area contributed by atoms with Crippen LogP contribution >= 0.6 is 0 Å². The van der Waals surface area contributed by atoms with Gasteiger partial charge in [-0.3, -0.25) is 9.59 Å². The van der Waals surface area contributed by atoms with Gasteiger partial charge in [0.1, 0.15) is 0 Å². The lowest BCUT2D eigenvalue weighted by Crippen LogP contribution is -2.33. The van der Waals surface area contributed by atoms with Crippen molar-refractivity contribution in [3.05, 3.63) is 54.1 Å². The van der Waals surface area contributed by atoms with E-state index in [1.807, 2.05) is 42.5 Å². The van der Waals surface area contributed by atoms with Crippen molar-refractivity contribution < 1.29 is 9.59 Å². The van der Waals surface area contributed by atoms with Gasteiger partial charge in [0.2, 0.25) is 11.8 Å². The van der Waals surface area contributed by atoms with Crippen LogP contribution in [0.1, 0.15) is 13.3 Å². The van der Waals surface area contributed by atoms with Crippen molar-refractivity contribution >= 4 is 28.3 Å². The third-order valence-electron chi connectivity index (χ3n) is 5.89. The molecule has 2 aromatic rings. The van der Waals surface area contributed by atoms with Crippen molar-refractivity contribution in [1.82, 2.24) is 0 Å². The first-order valence-corrected chi connectivity index (χ1v) is 8.20. The molecule has 23 heavy (non-hydrogen) atoms. The van der Waals surface area contributed by atoms with E-state index < -0.39 is 0 Å². The van der Waals surface area contributed by atoms with Gasteiger partial charge in [0.05, 0.1) is 17.5 Å². The molecule has 1 saturated carbocycles.